The summed E-state index contributed by atoms with van der Waals surface area (Å²) in [5.74, 6) is -2.49. The quantitative estimate of drug-likeness (QED) is 0.450. The highest BCUT2D eigenvalue weighted by Gasteiger charge is 2.19. The van der Waals surface area contributed by atoms with E-state index in [2.05, 4.69) is 0 Å². The van der Waals surface area contributed by atoms with Crippen molar-refractivity contribution >= 4 is 19.6 Å². The third-order valence-corrected chi connectivity index (χ3v) is 2.02. The van der Waals surface area contributed by atoms with Crippen molar-refractivity contribution in [1.29, 1.82) is 0 Å². The Labute approximate surface area is 63.8 Å². The highest BCUT2D eigenvalue weighted by Crippen LogP contribution is 2.18. The summed E-state index contributed by atoms with van der Waals surface area (Å²) in [6, 6.07) is 0. The first kappa shape index (κ1) is 10.2. The second-order valence-corrected chi connectivity index (χ2v) is 3.52. The van der Waals surface area contributed by atoms with Gasteiger partial charge in [-0.3, -0.25) is 4.79 Å². The third-order valence-electron chi connectivity index (χ3n) is 0.985. The van der Waals surface area contributed by atoms with Crippen LogP contribution in [0.15, 0.2) is 0 Å². The Balaban J connectivity index is 3.63. The summed E-state index contributed by atoms with van der Waals surface area (Å²) in [7, 11) is -1.81. The monoisotopic (exact) mass is 179 g/mol. The molecule has 1 atom stereocenters. The Morgan fingerprint density at radius 2 is 1.91 bits per heavy atom. The molecule has 0 bridgehead atoms. The molecule has 0 saturated carbocycles. The first-order chi connectivity index (χ1) is 5.07. The summed E-state index contributed by atoms with van der Waals surface area (Å²) in [6.07, 6.45) is -0.829. The van der Waals surface area contributed by atoms with E-state index < -0.39 is 25.9 Å². The lowest BCUT2D eigenvalue weighted by Crippen LogP contribution is -2.12. The second kappa shape index (κ2) is 4.93. The van der Waals surface area contributed by atoms with Crippen molar-refractivity contribution in [2.24, 2.45) is 0 Å². The van der Waals surface area contributed by atoms with Crippen LogP contribution < -0.4 is 0 Å². The number of rotatable bonds is 5. The molecule has 0 amide bonds. The Kier molecular flexibility index (Phi) is 4.57. The second-order valence-electron chi connectivity index (χ2n) is 1.83. The predicted octanol–water partition coefficient (Wildman–Crippen LogP) is -0.193. The Bertz CT molecular complexity index is 187. The number of aliphatic carboxylic acids is 1. The van der Waals surface area contributed by atoms with Gasteiger partial charge < -0.3 is 10.2 Å². The number of aliphatic hydroxyl groups excluding tert-OH is 1. The Morgan fingerprint density at radius 3 is 2.27 bits per heavy atom. The molecule has 1 unspecified atom stereocenters. The fourth-order valence-electron chi connectivity index (χ4n) is 0.404. The van der Waals surface area contributed by atoms with Crippen molar-refractivity contribution in [1.82, 2.24) is 0 Å². The average molecular weight is 179 g/mol. The van der Waals surface area contributed by atoms with Gasteiger partial charge in [0, 0.05) is 0 Å². The van der Waals surface area contributed by atoms with Crippen LogP contribution in [0.3, 0.4) is 0 Å². The van der Waals surface area contributed by atoms with Gasteiger partial charge in [-0.2, -0.15) is 0 Å². The number of carboxylic acids is 1. The largest absolute Gasteiger partial charge is 0.475 e. The molecule has 0 spiro atoms. The first-order valence-electron chi connectivity index (χ1n) is 2.87. The number of carboxylic acid groups (broad SMARTS) is 1. The van der Waals surface area contributed by atoms with E-state index in [-0.39, 0.29) is 12.6 Å². The van der Waals surface area contributed by atoms with E-state index >= 15 is 0 Å². The first-order valence-corrected chi connectivity index (χ1v) is 4.50. The molecule has 11 heavy (non-hydrogen) atoms. The van der Waals surface area contributed by atoms with E-state index in [1.165, 1.54) is 0 Å². The maximum Gasteiger partial charge on any atom is 0.372 e. The molecule has 0 aromatic carbocycles. The Hall–Kier alpha value is -0.800. The average Bonchev–Trinajstić information content (AvgIpc) is 1.99. The third kappa shape index (κ3) is 4.58. The molecule has 2 N–H and O–H groups in total. The van der Waals surface area contributed by atoms with Crippen LogP contribution in [-0.4, -0.2) is 34.5 Å². The van der Waals surface area contributed by atoms with Crippen molar-refractivity contribution in [3.05, 3.63) is 0 Å². The SMILES string of the molecule is O=C(O)C(=O)CC[P+](=O)CO. The molecule has 5 nitrogen and oxygen atoms in total. The van der Waals surface area contributed by atoms with E-state index in [0.717, 1.165) is 0 Å². The van der Waals surface area contributed by atoms with Gasteiger partial charge in [0.2, 0.25) is 12.1 Å². The van der Waals surface area contributed by atoms with E-state index in [9.17, 15) is 14.2 Å². The van der Waals surface area contributed by atoms with Gasteiger partial charge in [0.05, 0.1) is 6.42 Å². The van der Waals surface area contributed by atoms with E-state index in [4.69, 9.17) is 10.2 Å². The summed E-state index contributed by atoms with van der Waals surface area (Å²) in [4.78, 5) is 20.2. The number of ketones is 1. The molecule has 0 aliphatic carbocycles. The lowest BCUT2D eigenvalue weighted by atomic mass is 10.3. The fourth-order valence-corrected chi connectivity index (χ4v) is 0.998. The van der Waals surface area contributed by atoms with Crippen LogP contribution in [0.2, 0.25) is 0 Å². The standard InChI is InChI=1S/C5H7O5P/c6-3-11(10)2-1-4(7)5(8)9/h6H,1-3H2/p+1. The minimum atomic E-state index is -1.81. The van der Waals surface area contributed by atoms with Crippen molar-refractivity contribution in [3.8, 4) is 0 Å². The van der Waals surface area contributed by atoms with Crippen LogP contribution in [0.5, 0.6) is 0 Å². The van der Waals surface area contributed by atoms with Crippen molar-refractivity contribution < 1.29 is 24.4 Å². The zero-order valence-electron chi connectivity index (χ0n) is 5.69. The van der Waals surface area contributed by atoms with Gasteiger partial charge in [-0.15, -0.1) is 0 Å². The van der Waals surface area contributed by atoms with E-state index in [1.54, 1.807) is 0 Å². The molecule has 0 rings (SSSR count). The maximum absolute atomic E-state index is 10.5. The summed E-state index contributed by atoms with van der Waals surface area (Å²) in [6.45, 7) is 0. The zero-order valence-corrected chi connectivity index (χ0v) is 6.58. The van der Waals surface area contributed by atoms with Gasteiger partial charge in [-0.1, -0.05) is 4.57 Å². The van der Waals surface area contributed by atoms with E-state index in [1.807, 2.05) is 0 Å². The van der Waals surface area contributed by atoms with Crippen LogP contribution in [0.1, 0.15) is 6.42 Å². The lowest BCUT2D eigenvalue weighted by Gasteiger charge is -1.85. The topological polar surface area (TPSA) is 91.7 Å². The zero-order chi connectivity index (χ0) is 8.85. The van der Waals surface area contributed by atoms with Crippen molar-refractivity contribution in [3.63, 3.8) is 0 Å². The highest BCUT2D eigenvalue weighted by atomic mass is 31.1. The summed E-state index contributed by atoms with van der Waals surface area (Å²) < 4.78 is 10.5. The minimum absolute atomic E-state index is 0.0586. The molecule has 0 fully saturated rings. The molecule has 0 heterocycles. The fraction of sp³-hybridized carbons (Fsp3) is 0.600. The van der Waals surface area contributed by atoms with Crippen LogP contribution in [0.4, 0.5) is 0 Å². The molecule has 0 aliphatic heterocycles. The van der Waals surface area contributed by atoms with Crippen LogP contribution in [-0.2, 0) is 14.2 Å². The minimum Gasteiger partial charge on any atom is -0.475 e. The number of carbonyl (C=O) groups excluding carboxylic acids is 1. The number of hydrogen-bond acceptors (Lipinski definition) is 4. The predicted molar refractivity (Wildman–Crippen MR) is 36.8 cm³/mol. The van der Waals surface area contributed by atoms with Gasteiger partial charge in [0.15, 0.2) is 6.16 Å². The number of aliphatic hydroxyl groups is 1. The van der Waals surface area contributed by atoms with Gasteiger partial charge in [-0.25, -0.2) is 4.79 Å². The lowest BCUT2D eigenvalue weighted by molar-refractivity contribution is -0.148. The van der Waals surface area contributed by atoms with Gasteiger partial charge in [-0.05, 0) is 0 Å². The highest BCUT2D eigenvalue weighted by molar-refractivity contribution is 7.44. The normalized spacial score (nSPS) is 10.8. The molecule has 0 radical (unpaired) electrons. The van der Waals surface area contributed by atoms with Gasteiger partial charge in [0.25, 0.3) is 0 Å². The molecule has 0 saturated heterocycles. The van der Waals surface area contributed by atoms with Crippen LogP contribution >= 0.6 is 7.80 Å². The summed E-state index contributed by atoms with van der Waals surface area (Å²) in [5, 5.41) is 16.3. The Morgan fingerprint density at radius 1 is 1.36 bits per heavy atom. The molecular weight excluding hydrogens is 171 g/mol. The molecule has 0 aliphatic rings. The smallest absolute Gasteiger partial charge is 0.372 e. The van der Waals surface area contributed by atoms with E-state index in [0.29, 0.717) is 0 Å². The van der Waals surface area contributed by atoms with Crippen molar-refractivity contribution in [2.45, 2.75) is 6.42 Å². The molecule has 62 valence electrons. The molecular formula is C5H8O5P+. The van der Waals surface area contributed by atoms with Gasteiger partial charge >= 0.3 is 13.8 Å². The number of carbonyl (C=O) groups is 2. The number of hydrogen-bond donors (Lipinski definition) is 2. The summed E-state index contributed by atoms with van der Waals surface area (Å²) >= 11 is 0. The maximum atomic E-state index is 10.5. The van der Waals surface area contributed by atoms with Gasteiger partial charge in [0.1, 0.15) is 0 Å². The molecule has 0 aromatic rings. The molecule has 6 heteroatoms. The van der Waals surface area contributed by atoms with Crippen molar-refractivity contribution in [2.75, 3.05) is 12.5 Å². The summed E-state index contributed by atoms with van der Waals surface area (Å²) in [5.41, 5.74) is 0. The van der Waals surface area contributed by atoms with Crippen LogP contribution in [0.25, 0.3) is 0 Å². The molecule has 0 aromatic heterocycles. The van der Waals surface area contributed by atoms with Crippen LogP contribution in [0, 0.1) is 0 Å². The number of Topliss-reactive ketones (excluding diaryl/α,β-unsaturated/α-hetero) is 1.